The van der Waals surface area contributed by atoms with Crippen LogP contribution in [-0.2, 0) is 0 Å². The van der Waals surface area contributed by atoms with Crippen LogP contribution < -0.4 is 10.6 Å². The molecule has 0 bridgehead atoms. The molecule has 0 saturated heterocycles. The third-order valence-corrected chi connectivity index (χ3v) is 4.60. The van der Waals surface area contributed by atoms with Crippen molar-refractivity contribution in [3.8, 4) is 5.69 Å². The van der Waals surface area contributed by atoms with Crippen molar-refractivity contribution in [1.82, 2.24) is 14.9 Å². The Balaban J connectivity index is 1.60. The van der Waals surface area contributed by atoms with Crippen molar-refractivity contribution in [2.24, 2.45) is 5.92 Å². The number of nitrogens with one attached hydrogen (secondary N) is 2. The second kappa shape index (κ2) is 6.83. The SMILES string of the molecule is CC(C)CNc1cccc2c1ncn2-c1ccc(C(=O)NC2CC2)cc1. The molecule has 1 aliphatic rings. The predicted octanol–water partition coefficient (Wildman–Crippen LogP) is 3.99. The second-order valence-corrected chi connectivity index (χ2v) is 7.36. The molecule has 5 heteroatoms. The lowest BCUT2D eigenvalue weighted by Gasteiger charge is -2.10. The molecule has 0 radical (unpaired) electrons. The van der Waals surface area contributed by atoms with Crippen molar-refractivity contribution in [3.63, 3.8) is 0 Å². The van der Waals surface area contributed by atoms with Gasteiger partial charge in [-0.1, -0.05) is 19.9 Å². The van der Waals surface area contributed by atoms with Crippen molar-refractivity contribution in [1.29, 1.82) is 0 Å². The van der Waals surface area contributed by atoms with Crippen molar-refractivity contribution >= 4 is 22.6 Å². The fraction of sp³-hybridized carbons (Fsp3) is 0.333. The van der Waals surface area contributed by atoms with E-state index < -0.39 is 0 Å². The second-order valence-electron chi connectivity index (χ2n) is 7.36. The average Bonchev–Trinajstić information content (AvgIpc) is 3.35. The van der Waals surface area contributed by atoms with Gasteiger partial charge in [-0.2, -0.15) is 0 Å². The molecule has 134 valence electrons. The number of carbonyl (C=O) groups excluding carboxylic acids is 1. The number of benzene rings is 2. The highest BCUT2D eigenvalue weighted by atomic mass is 16.1. The standard InChI is InChI=1S/C21H24N4O/c1-14(2)12-22-18-4-3-5-19-20(18)23-13-25(19)17-10-6-15(7-11-17)21(26)24-16-8-9-16/h3-7,10-11,13-14,16,22H,8-9,12H2,1-2H3,(H,24,26). The van der Waals surface area contributed by atoms with E-state index in [2.05, 4.69) is 46.2 Å². The van der Waals surface area contributed by atoms with E-state index in [0.29, 0.717) is 17.5 Å². The maximum absolute atomic E-state index is 12.1. The number of carbonyl (C=O) groups is 1. The first-order valence-corrected chi connectivity index (χ1v) is 9.23. The van der Waals surface area contributed by atoms with Crippen molar-refractivity contribution in [2.45, 2.75) is 32.7 Å². The monoisotopic (exact) mass is 348 g/mol. The molecule has 1 heterocycles. The largest absolute Gasteiger partial charge is 0.383 e. The van der Waals surface area contributed by atoms with Crippen LogP contribution in [0.25, 0.3) is 16.7 Å². The number of hydrogen-bond acceptors (Lipinski definition) is 3. The van der Waals surface area contributed by atoms with Crippen LogP contribution in [0, 0.1) is 5.92 Å². The molecule has 1 saturated carbocycles. The van der Waals surface area contributed by atoms with Gasteiger partial charge < -0.3 is 10.6 Å². The molecule has 1 amide bonds. The predicted molar refractivity (Wildman–Crippen MR) is 105 cm³/mol. The van der Waals surface area contributed by atoms with Gasteiger partial charge >= 0.3 is 0 Å². The zero-order valence-corrected chi connectivity index (χ0v) is 15.2. The Morgan fingerprint density at radius 1 is 1.19 bits per heavy atom. The number of rotatable bonds is 6. The fourth-order valence-electron chi connectivity index (χ4n) is 2.97. The average molecular weight is 348 g/mol. The summed E-state index contributed by atoms with van der Waals surface area (Å²) < 4.78 is 2.05. The number of nitrogens with zero attached hydrogens (tertiary/aromatic N) is 2. The molecule has 4 rings (SSSR count). The Morgan fingerprint density at radius 3 is 2.65 bits per heavy atom. The highest BCUT2D eigenvalue weighted by Gasteiger charge is 2.23. The summed E-state index contributed by atoms with van der Waals surface area (Å²) >= 11 is 0. The van der Waals surface area contributed by atoms with E-state index in [0.717, 1.165) is 41.8 Å². The van der Waals surface area contributed by atoms with Gasteiger partial charge in [-0.25, -0.2) is 4.98 Å². The molecule has 1 aromatic heterocycles. The Hall–Kier alpha value is -2.82. The zero-order chi connectivity index (χ0) is 18.1. The molecule has 2 aromatic carbocycles. The summed E-state index contributed by atoms with van der Waals surface area (Å²) in [4.78, 5) is 16.7. The van der Waals surface area contributed by atoms with Crippen LogP contribution in [0.5, 0.6) is 0 Å². The molecule has 0 unspecified atom stereocenters. The third kappa shape index (κ3) is 3.43. The molecule has 0 aliphatic heterocycles. The first-order chi connectivity index (χ1) is 12.6. The van der Waals surface area contributed by atoms with Crippen LogP contribution in [0.1, 0.15) is 37.0 Å². The topological polar surface area (TPSA) is 59.0 Å². The third-order valence-electron chi connectivity index (χ3n) is 4.60. The lowest BCUT2D eigenvalue weighted by atomic mass is 10.2. The number of para-hydroxylation sites is 1. The number of fused-ring (bicyclic) bond motifs is 1. The number of anilines is 1. The minimum atomic E-state index is 0.00899. The first kappa shape index (κ1) is 16.6. The molecule has 2 N–H and O–H groups in total. The summed E-state index contributed by atoms with van der Waals surface area (Å²) in [6, 6.07) is 14.2. The molecule has 1 fully saturated rings. The van der Waals surface area contributed by atoms with E-state index in [1.807, 2.05) is 36.7 Å². The van der Waals surface area contributed by atoms with E-state index in [-0.39, 0.29) is 5.91 Å². The van der Waals surface area contributed by atoms with Crippen LogP contribution in [0.2, 0.25) is 0 Å². The Bertz CT molecular complexity index is 923. The smallest absolute Gasteiger partial charge is 0.251 e. The van der Waals surface area contributed by atoms with Gasteiger partial charge in [0, 0.05) is 23.8 Å². The lowest BCUT2D eigenvalue weighted by Crippen LogP contribution is -2.25. The summed E-state index contributed by atoms with van der Waals surface area (Å²) in [5, 5.41) is 6.49. The highest BCUT2D eigenvalue weighted by Crippen LogP contribution is 2.25. The summed E-state index contributed by atoms with van der Waals surface area (Å²) in [7, 11) is 0. The van der Waals surface area contributed by atoms with Gasteiger partial charge in [0.05, 0.1) is 11.2 Å². The van der Waals surface area contributed by atoms with E-state index in [9.17, 15) is 4.79 Å². The van der Waals surface area contributed by atoms with Gasteiger partial charge in [-0.05, 0) is 55.2 Å². The van der Waals surface area contributed by atoms with Crippen LogP contribution in [0.15, 0.2) is 48.8 Å². The van der Waals surface area contributed by atoms with Crippen LogP contribution in [0.4, 0.5) is 5.69 Å². The number of hydrogen-bond donors (Lipinski definition) is 2. The Labute approximate surface area is 153 Å². The van der Waals surface area contributed by atoms with Crippen molar-refractivity contribution in [3.05, 3.63) is 54.4 Å². The molecule has 5 nitrogen and oxygen atoms in total. The van der Waals surface area contributed by atoms with E-state index >= 15 is 0 Å². The normalized spacial score (nSPS) is 14.0. The summed E-state index contributed by atoms with van der Waals surface area (Å²) in [5.41, 5.74) is 4.76. The fourth-order valence-corrected chi connectivity index (χ4v) is 2.97. The zero-order valence-electron chi connectivity index (χ0n) is 15.2. The maximum Gasteiger partial charge on any atom is 0.251 e. The molecule has 0 atom stereocenters. The van der Waals surface area contributed by atoms with Gasteiger partial charge in [0.1, 0.15) is 11.8 Å². The summed E-state index contributed by atoms with van der Waals surface area (Å²) in [6.07, 6.45) is 4.03. The molecule has 3 aromatic rings. The first-order valence-electron chi connectivity index (χ1n) is 9.23. The number of amides is 1. The number of aromatic nitrogens is 2. The van der Waals surface area contributed by atoms with Crippen molar-refractivity contribution in [2.75, 3.05) is 11.9 Å². The van der Waals surface area contributed by atoms with Gasteiger partial charge in [0.25, 0.3) is 5.91 Å². The Kier molecular flexibility index (Phi) is 4.37. The molecular weight excluding hydrogens is 324 g/mol. The minimum Gasteiger partial charge on any atom is -0.383 e. The van der Waals surface area contributed by atoms with Gasteiger partial charge in [0.15, 0.2) is 0 Å². The Morgan fingerprint density at radius 2 is 1.96 bits per heavy atom. The van der Waals surface area contributed by atoms with E-state index in [1.165, 1.54) is 0 Å². The molecule has 26 heavy (non-hydrogen) atoms. The summed E-state index contributed by atoms with van der Waals surface area (Å²) in [6.45, 7) is 5.29. The van der Waals surface area contributed by atoms with Crippen LogP contribution in [0.3, 0.4) is 0 Å². The van der Waals surface area contributed by atoms with Crippen molar-refractivity contribution < 1.29 is 4.79 Å². The van der Waals surface area contributed by atoms with Gasteiger partial charge in [-0.3, -0.25) is 9.36 Å². The van der Waals surface area contributed by atoms with Crippen LogP contribution in [-0.4, -0.2) is 28.0 Å². The molecule has 0 spiro atoms. The van der Waals surface area contributed by atoms with Gasteiger partial charge in [-0.15, -0.1) is 0 Å². The highest BCUT2D eigenvalue weighted by molar-refractivity contribution is 5.95. The quantitative estimate of drug-likeness (QED) is 0.708. The minimum absolute atomic E-state index is 0.00899. The molecular formula is C21H24N4O. The number of imidazole rings is 1. The van der Waals surface area contributed by atoms with Gasteiger partial charge in [0.2, 0.25) is 0 Å². The summed E-state index contributed by atoms with van der Waals surface area (Å²) in [5.74, 6) is 0.580. The van der Waals surface area contributed by atoms with Crippen LogP contribution >= 0.6 is 0 Å². The molecule has 1 aliphatic carbocycles. The maximum atomic E-state index is 12.1. The lowest BCUT2D eigenvalue weighted by molar-refractivity contribution is 0.0951. The van der Waals surface area contributed by atoms with E-state index in [4.69, 9.17) is 0 Å². The van der Waals surface area contributed by atoms with E-state index in [1.54, 1.807) is 0 Å².